The molecule has 1 aliphatic rings. The predicted molar refractivity (Wildman–Crippen MR) is 91.9 cm³/mol. The van der Waals surface area contributed by atoms with Gasteiger partial charge in [0.1, 0.15) is 0 Å². The van der Waals surface area contributed by atoms with Crippen LogP contribution in [0.3, 0.4) is 0 Å². The second kappa shape index (κ2) is 6.92. The molecule has 2 aromatic rings. The summed E-state index contributed by atoms with van der Waals surface area (Å²) in [6.07, 6.45) is 5.58. The average Bonchev–Trinajstić information content (AvgIpc) is 2.60. The second-order valence-corrected chi connectivity index (χ2v) is 6.20. The maximum absolute atomic E-state index is 12.2. The zero-order valence-corrected chi connectivity index (χ0v) is 13.7. The van der Waals surface area contributed by atoms with Crippen molar-refractivity contribution < 1.29 is 4.79 Å². The summed E-state index contributed by atoms with van der Waals surface area (Å²) in [5, 5.41) is 3.49. The Morgan fingerprint density at radius 2 is 2.00 bits per heavy atom. The molecule has 0 spiro atoms. The SMILES string of the molecule is CC(NC1CCCN(C)C1=O)c1cccc(-c2ccncc2)c1. The van der Waals surface area contributed by atoms with Gasteiger partial charge in [0.15, 0.2) is 0 Å². The number of amides is 1. The first kappa shape index (κ1) is 15.7. The molecule has 1 N–H and O–H groups in total. The summed E-state index contributed by atoms with van der Waals surface area (Å²) in [4.78, 5) is 18.1. The van der Waals surface area contributed by atoms with Crippen LogP contribution in [0.5, 0.6) is 0 Å². The summed E-state index contributed by atoms with van der Waals surface area (Å²) in [6.45, 7) is 2.98. The molecule has 3 rings (SSSR count). The molecule has 1 saturated heterocycles. The molecule has 23 heavy (non-hydrogen) atoms. The molecule has 1 aliphatic heterocycles. The minimum absolute atomic E-state index is 0.0756. The van der Waals surface area contributed by atoms with Crippen LogP contribution in [0.25, 0.3) is 11.1 Å². The van der Waals surface area contributed by atoms with E-state index in [1.165, 1.54) is 11.1 Å². The molecule has 1 fully saturated rings. The molecule has 1 amide bonds. The highest BCUT2D eigenvalue weighted by atomic mass is 16.2. The lowest BCUT2D eigenvalue weighted by Crippen LogP contribution is -2.49. The number of likely N-dealkylation sites (tertiary alicyclic amines) is 1. The number of pyridine rings is 1. The van der Waals surface area contributed by atoms with E-state index in [4.69, 9.17) is 0 Å². The van der Waals surface area contributed by atoms with Gasteiger partial charge in [-0.2, -0.15) is 0 Å². The Morgan fingerprint density at radius 1 is 1.22 bits per heavy atom. The van der Waals surface area contributed by atoms with Crippen molar-refractivity contribution in [2.75, 3.05) is 13.6 Å². The number of likely N-dealkylation sites (N-methyl/N-ethyl adjacent to an activating group) is 1. The van der Waals surface area contributed by atoms with Crippen LogP contribution in [0, 0.1) is 0 Å². The molecule has 0 radical (unpaired) electrons. The smallest absolute Gasteiger partial charge is 0.239 e. The molecular formula is C19H23N3O. The van der Waals surface area contributed by atoms with Gasteiger partial charge in [0, 0.05) is 32.0 Å². The fourth-order valence-corrected chi connectivity index (χ4v) is 3.12. The van der Waals surface area contributed by atoms with Gasteiger partial charge in [-0.1, -0.05) is 18.2 Å². The molecule has 4 heteroatoms. The number of carbonyl (C=O) groups is 1. The third-order valence-electron chi connectivity index (χ3n) is 4.51. The number of nitrogens with one attached hydrogen (secondary N) is 1. The highest BCUT2D eigenvalue weighted by Gasteiger charge is 2.27. The lowest BCUT2D eigenvalue weighted by atomic mass is 9.99. The number of hydrogen-bond acceptors (Lipinski definition) is 3. The first-order valence-electron chi connectivity index (χ1n) is 8.16. The topological polar surface area (TPSA) is 45.2 Å². The van der Waals surface area contributed by atoms with Crippen LogP contribution in [0.1, 0.15) is 31.4 Å². The van der Waals surface area contributed by atoms with Crippen molar-refractivity contribution in [1.82, 2.24) is 15.2 Å². The van der Waals surface area contributed by atoms with Gasteiger partial charge >= 0.3 is 0 Å². The van der Waals surface area contributed by atoms with Crippen molar-refractivity contribution in [2.24, 2.45) is 0 Å². The standard InChI is InChI=1S/C19H23N3O/c1-14(21-18-7-4-12-22(2)19(18)23)16-5-3-6-17(13-16)15-8-10-20-11-9-15/h3,5-6,8-11,13-14,18,21H,4,7,12H2,1-2H3. The Morgan fingerprint density at radius 3 is 2.78 bits per heavy atom. The van der Waals surface area contributed by atoms with Crippen LogP contribution in [0.15, 0.2) is 48.8 Å². The first-order valence-corrected chi connectivity index (χ1v) is 8.16. The molecule has 2 atom stereocenters. The van der Waals surface area contributed by atoms with Crippen LogP contribution >= 0.6 is 0 Å². The maximum atomic E-state index is 12.2. The van der Waals surface area contributed by atoms with Gasteiger partial charge in [-0.15, -0.1) is 0 Å². The van der Waals surface area contributed by atoms with Crippen molar-refractivity contribution >= 4 is 5.91 Å². The van der Waals surface area contributed by atoms with Gasteiger partial charge in [0.2, 0.25) is 5.91 Å². The van der Waals surface area contributed by atoms with Crippen LogP contribution in [-0.2, 0) is 4.79 Å². The Bertz CT molecular complexity index is 671. The first-order chi connectivity index (χ1) is 11.1. The van der Waals surface area contributed by atoms with Gasteiger partial charge in [0.25, 0.3) is 0 Å². The van der Waals surface area contributed by atoms with Gasteiger partial charge in [-0.3, -0.25) is 15.1 Å². The van der Waals surface area contributed by atoms with E-state index in [1.807, 2.05) is 24.1 Å². The van der Waals surface area contributed by atoms with E-state index in [2.05, 4.69) is 41.5 Å². The van der Waals surface area contributed by atoms with Gasteiger partial charge in [-0.05, 0) is 54.7 Å². The van der Waals surface area contributed by atoms with Crippen molar-refractivity contribution in [3.05, 3.63) is 54.4 Å². The number of rotatable bonds is 4. The number of hydrogen-bond donors (Lipinski definition) is 1. The number of carbonyl (C=O) groups excluding carboxylic acids is 1. The number of nitrogens with zero attached hydrogens (tertiary/aromatic N) is 2. The van der Waals surface area contributed by atoms with E-state index >= 15 is 0 Å². The van der Waals surface area contributed by atoms with E-state index in [0.717, 1.165) is 24.9 Å². The fourth-order valence-electron chi connectivity index (χ4n) is 3.12. The minimum atomic E-state index is -0.0756. The summed E-state index contributed by atoms with van der Waals surface area (Å²) in [6, 6.07) is 12.5. The fraction of sp³-hybridized carbons (Fsp3) is 0.368. The molecule has 0 saturated carbocycles. The van der Waals surface area contributed by atoms with Crippen molar-refractivity contribution in [3.8, 4) is 11.1 Å². The molecule has 0 aliphatic carbocycles. The Kier molecular flexibility index (Phi) is 4.72. The molecule has 2 heterocycles. The second-order valence-electron chi connectivity index (χ2n) is 6.20. The van der Waals surface area contributed by atoms with E-state index in [-0.39, 0.29) is 18.0 Å². The highest BCUT2D eigenvalue weighted by molar-refractivity contribution is 5.82. The van der Waals surface area contributed by atoms with E-state index in [9.17, 15) is 4.79 Å². The summed E-state index contributed by atoms with van der Waals surface area (Å²) in [5.41, 5.74) is 3.52. The third kappa shape index (κ3) is 3.59. The molecule has 2 unspecified atom stereocenters. The largest absolute Gasteiger partial charge is 0.344 e. The van der Waals surface area contributed by atoms with Gasteiger partial charge in [-0.25, -0.2) is 0 Å². The summed E-state index contributed by atoms with van der Waals surface area (Å²) >= 11 is 0. The monoisotopic (exact) mass is 309 g/mol. The Hall–Kier alpha value is -2.20. The van der Waals surface area contributed by atoms with E-state index in [0.29, 0.717) is 0 Å². The lowest BCUT2D eigenvalue weighted by Gasteiger charge is -2.31. The summed E-state index contributed by atoms with van der Waals surface area (Å²) in [7, 11) is 1.88. The average molecular weight is 309 g/mol. The van der Waals surface area contributed by atoms with Crippen LogP contribution in [0.4, 0.5) is 0 Å². The van der Waals surface area contributed by atoms with Crippen LogP contribution in [-0.4, -0.2) is 35.4 Å². The third-order valence-corrected chi connectivity index (χ3v) is 4.51. The molecule has 4 nitrogen and oxygen atoms in total. The van der Waals surface area contributed by atoms with Crippen LogP contribution < -0.4 is 5.32 Å². The number of aromatic nitrogens is 1. The Labute approximate surface area is 137 Å². The molecule has 120 valence electrons. The predicted octanol–water partition coefficient (Wildman–Crippen LogP) is 3.02. The molecular weight excluding hydrogens is 286 g/mol. The van der Waals surface area contributed by atoms with Gasteiger partial charge < -0.3 is 4.90 Å². The normalized spacial score (nSPS) is 19.7. The zero-order chi connectivity index (χ0) is 16.2. The van der Waals surface area contributed by atoms with E-state index < -0.39 is 0 Å². The van der Waals surface area contributed by atoms with E-state index in [1.54, 1.807) is 12.4 Å². The zero-order valence-electron chi connectivity index (χ0n) is 13.7. The Balaban J connectivity index is 1.75. The lowest BCUT2D eigenvalue weighted by molar-refractivity contribution is -0.134. The molecule has 0 bridgehead atoms. The van der Waals surface area contributed by atoms with Gasteiger partial charge in [0.05, 0.1) is 6.04 Å². The summed E-state index contributed by atoms with van der Waals surface area (Å²) in [5.74, 6) is 0.202. The molecule has 1 aromatic heterocycles. The maximum Gasteiger partial charge on any atom is 0.239 e. The van der Waals surface area contributed by atoms with Crippen LogP contribution in [0.2, 0.25) is 0 Å². The van der Waals surface area contributed by atoms with Crippen molar-refractivity contribution in [3.63, 3.8) is 0 Å². The highest BCUT2D eigenvalue weighted by Crippen LogP contribution is 2.23. The summed E-state index contributed by atoms with van der Waals surface area (Å²) < 4.78 is 0. The minimum Gasteiger partial charge on any atom is -0.344 e. The number of piperidine rings is 1. The quantitative estimate of drug-likeness (QED) is 0.944. The van der Waals surface area contributed by atoms with Crippen molar-refractivity contribution in [2.45, 2.75) is 31.8 Å². The number of benzene rings is 1. The van der Waals surface area contributed by atoms with Crippen molar-refractivity contribution in [1.29, 1.82) is 0 Å². The molecule has 1 aromatic carbocycles.